The number of carbonyl (C=O) groups is 1. The van der Waals surface area contributed by atoms with Gasteiger partial charge in [-0.05, 0) is 38.3 Å². The molecule has 1 atom stereocenters. The van der Waals surface area contributed by atoms with Crippen molar-refractivity contribution >= 4 is 11.6 Å². The van der Waals surface area contributed by atoms with Crippen LogP contribution >= 0.6 is 0 Å². The number of nitrogens with two attached hydrogens (primary N) is 1. The highest BCUT2D eigenvalue weighted by atomic mass is 16.1. The lowest BCUT2D eigenvalue weighted by atomic mass is 10.0. The first-order valence-electron chi connectivity index (χ1n) is 6.20. The Morgan fingerprint density at radius 1 is 1.41 bits per heavy atom. The highest BCUT2D eigenvalue weighted by Gasteiger charge is 2.21. The molecule has 1 aromatic heterocycles. The van der Waals surface area contributed by atoms with Crippen molar-refractivity contribution in [2.24, 2.45) is 5.73 Å². The maximum absolute atomic E-state index is 12.0. The largest absolute Gasteiger partial charge is 0.356 e. The molecule has 2 heterocycles. The van der Waals surface area contributed by atoms with Gasteiger partial charge in [0, 0.05) is 19.3 Å². The summed E-state index contributed by atoms with van der Waals surface area (Å²) >= 11 is 0. The second kappa shape index (κ2) is 5.27. The summed E-state index contributed by atoms with van der Waals surface area (Å²) in [6.45, 7) is 3.68. The fourth-order valence-corrected chi connectivity index (χ4v) is 2.19. The second-order valence-electron chi connectivity index (χ2n) is 4.58. The smallest absolute Gasteiger partial charge is 0.182 e. The molecular formula is C13H19N3O. The zero-order chi connectivity index (χ0) is 12.3. The highest BCUT2D eigenvalue weighted by molar-refractivity contribution is 6.03. The molecule has 0 spiro atoms. The van der Waals surface area contributed by atoms with Gasteiger partial charge in [-0.2, -0.15) is 0 Å². The summed E-state index contributed by atoms with van der Waals surface area (Å²) in [5.41, 5.74) is 6.33. The minimum Gasteiger partial charge on any atom is -0.356 e. The van der Waals surface area contributed by atoms with E-state index in [1.807, 2.05) is 6.07 Å². The number of aromatic nitrogens is 1. The number of piperidine rings is 1. The molecule has 2 N–H and O–H groups in total. The van der Waals surface area contributed by atoms with Crippen LogP contribution in [0.25, 0.3) is 0 Å². The molecule has 0 saturated carbocycles. The molecule has 92 valence electrons. The number of anilines is 1. The van der Waals surface area contributed by atoms with E-state index < -0.39 is 6.04 Å². The van der Waals surface area contributed by atoms with E-state index in [9.17, 15) is 4.79 Å². The normalized spacial score (nSPS) is 17.9. The molecule has 0 bridgehead atoms. The van der Waals surface area contributed by atoms with E-state index in [2.05, 4.69) is 9.88 Å². The molecular weight excluding hydrogens is 214 g/mol. The predicted molar refractivity (Wildman–Crippen MR) is 68.3 cm³/mol. The first-order chi connectivity index (χ1) is 8.20. The second-order valence-corrected chi connectivity index (χ2v) is 4.58. The minimum absolute atomic E-state index is 0.0290. The van der Waals surface area contributed by atoms with E-state index >= 15 is 0 Å². The molecule has 0 aromatic carbocycles. The third kappa shape index (κ3) is 2.64. The molecule has 0 radical (unpaired) electrons. The number of Topliss-reactive ketones (excluding diaryl/α,β-unsaturated/α-hetero) is 1. The Kier molecular flexibility index (Phi) is 3.74. The van der Waals surface area contributed by atoms with Crippen LogP contribution in [0.1, 0.15) is 36.5 Å². The topological polar surface area (TPSA) is 59.2 Å². The molecule has 1 unspecified atom stereocenters. The van der Waals surface area contributed by atoms with Crippen LogP contribution in [0, 0.1) is 0 Å². The Morgan fingerprint density at radius 3 is 2.76 bits per heavy atom. The van der Waals surface area contributed by atoms with Crippen molar-refractivity contribution in [3.05, 3.63) is 23.9 Å². The molecule has 0 amide bonds. The number of pyridine rings is 1. The average molecular weight is 233 g/mol. The Balaban J connectivity index is 2.29. The highest BCUT2D eigenvalue weighted by Crippen LogP contribution is 2.22. The van der Waals surface area contributed by atoms with Gasteiger partial charge in [0.2, 0.25) is 0 Å². The van der Waals surface area contributed by atoms with Crippen molar-refractivity contribution in [1.29, 1.82) is 0 Å². The SMILES string of the molecule is CC(N)C(=O)c1cccnc1N1CCCCC1. The van der Waals surface area contributed by atoms with Crippen molar-refractivity contribution in [3.63, 3.8) is 0 Å². The molecule has 1 aliphatic heterocycles. The number of nitrogens with zero attached hydrogens (tertiary/aromatic N) is 2. The number of ketones is 1. The van der Waals surface area contributed by atoms with Gasteiger partial charge in [-0.1, -0.05) is 0 Å². The van der Waals surface area contributed by atoms with Gasteiger partial charge in [0.1, 0.15) is 5.82 Å². The Bertz CT molecular complexity index is 397. The maximum atomic E-state index is 12.0. The van der Waals surface area contributed by atoms with Crippen molar-refractivity contribution in [2.45, 2.75) is 32.2 Å². The molecule has 4 nitrogen and oxygen atoms in total. The minimum atomic E-state index is -0.470. The fraction of sp³-hybridized carbons (Fsp3) is 0.538. The monoisotopic (exact) mass is 233 g/mol. The summed E-state index contributed by atoms with van der Waals surface area (Å²) in [4.78, 5) is 18.6. The quantitative estimate of drug-likeness (QED) is 0.806. The van der Waals surface area contributed by atoms with Gasteiger partial charge < -0.3 is 10.6 Å². The van der Waals surface area contributed by atoms with Crippen LogP contribution in [0.3, 0.4) is 0 Å². The first kappa shape index (κ1) is 12.0. The Hall–Kier alpha value is -1.42. The van der Waals surface area contributed by atoms with Crippen molar-refractivity contribution in [3.8, 4) is 0 Å². The van der Waals surface area contributed by atoms with Crippen LogP contribution in [0.2, 0.25) is 0 Å². The third-order valence-corrected chi connectivity index (χ3v) is 3.12. The van der Waals surface area contributed by atoms with Crippen molar-refractivity contribution < 1.29 is 4.79 Å². The molecule has 17 heavy (non-hydrogen) atoms. The summed E-state index contributed by atoms with van der Waals surface area (Å²) in [5.74, 6) is 0.771. The zero-order valence-corrected chi connectivity index (χ0v) is 10.2. The molecule has 1 fully saturated rings. The number of hydrogen-bond acceptors (Lipinski definition) is 4. The van der Waals surface area contributed by atoms with Gasteiger partial charge in [0.05, 0.1) is 11.6 Å². The van der Waals surface area contributed by atoms with Crippen LogP contribution in [-0.4, -0.2) is 29.9 Å². The predicted octanol–water partition coefficient (Wildman–Crippen LogP) is 1.60. The average Bonchev–Trinajstić information content (AvgIpc) is 2.39. The number of rotatable bonds is 3. The summed E-state index contributed by atoms with van der Waals surface area (Å²) in [5, 5.41) is 0. The van der Waals surface area contributed by atoms with Crippen LogP contribution in [0.4, 0.5) is 5.82 Å². The van der Waals surface area contributed by atoms with Crippen molar-refractivity contribution in [1.82, 2.24) is 4.98 Å². The van der Waals surface area contributed by atoms with Crippen LogP contribution in [0.15, 0.2) is 18.3 Å². The Labute approximate surface area is 102 Å². The summed E-state index contributed by atoms with van der Waals surface area (Å²) in [7, 11) is 0. The first-order valence-corrected chi connectivity index (χ1v) is 6.20. The van der Waals surface area contributed by atoms with Crippen LogP contribution < -0.4 is 10.6 Å². The van der Waals surface area contributed by atoms with Crippen LogP contribution in [-0.2, 0) is 0 Å². The summed E-state index contributed by atoms with van der Waals surface area (Å²) in [6.07, 6.45) is 5.34. The third-order valence-electron chi connectivity index (χ3n) is 3.12. The zero-order valence-electron chi connectivity index (χ0n) is 10.2. The van der Waals surface area contributed by atoms with Gasteiger partial charge in [-0.15, -0.1) is 0 Å². The standard InChI is InChI=1S/C13H19N3O/c1-10(14)12(17)11-6-5-7-15-13(11)16-8-3-2-4-9-16/h5-7,10H,2-4,8-9,14H2,1H3. The molecule has 0 aliphatic carbocycles. The van der Waals surface area contributed by atoms with Gasteiger partial charge in [-0.25, -0.2) is 4.98 Å². The lowest BCUT2D eigenvalue weighted by Crippen LogP contribution is -2.34. The summed E-state index contributed by atoms with van der Waals surface area (Å²) in [6, 6.07) is 3.15. The molecule has 1 aliphatic rings. The van der Waals surface area contributed by atoms with Gasteiger partial charge in [-0.3, -0.25) is 4.79 Å². The molecule has 1 aromatic rings. The van der Waals surface area contributed by atoms with Gasteiger partial charge in [0.15, 0.2) is 5.78 Å². The van der Waals surface area contributed by atoms with Gasteiger partial charge in [0.25, 0.3) is 0 Å². The number of carbonyl (C=O) groups excluding carboxylic acids is 1. The van der Waals surface area contributed by atoms with E-state index in [1.54, 1.807) is 19.2 Å². The van der Waals surface area contributed by atoms with Crippen LogP contribution in [0.5, 0.6) is 0 Å². The summed E-state index contributed by atoms with van der Waals surface area (Å²) < 4.78 is 0. The fourth-order valence-electron chi connectivity index (χ4n) is 2.19. The van der Waals surface area contributed by atoms with E-state index in [-0.39, 0.29) is 5.78 Å². The number of hydrogen-bond donors (Lipinski definition) is 1. The van der Waals surface area contributed by atoms with E-state index in [0.29, 0.717) is 5.56 Å². The Morgan fingerprint density at radius 2 is 2.12 bits per heavy atom. The van der Waals surface area contributed by atoms with E-state index in [4.69, 9.17) is 5.73 Å². The van der Waals surface area contributed by atoms with E-state index in [1.165, 1.54) is 19.3 Å². The molecule has 4 heteroatoms. The van der Waals surface area contributed by atoms with Crippen molar-refractivity contribution in [2.75, 3.05) is 18.0 Å². The lowest BCUT2D eigenvalue weighted by Gasteiger charge is -2.29. The maximum Gasteiger partial charge on any atom is 0.182 e. The molecule has 1 saturated heterocycles. The van der Waals surface area contributed by atoms with E-state index in [0.717, 1.165) is 18.9 Å². The van der Waals surface area contributed by atoms with Gasteiger partial charge >= 0.3 is 0 Å². The molecule has 2 rings (SSSR count). The lowest BCUT2D eigenvalue weighted by molar-refractivity contribution is 0.0968.